The second-order valence-corrected chi connectivity index (χ2v) is 10.6. The van der Waals surface area contributed by atoms with Crippen LogP contribution in [0.5, 0.6) is 5.75 Å². The molecule has 0 aliphatic carbocycles. The number of rotatable bonds is 10. The van der Waals surface area contributed by atoms with Crippen molar-refractivity contribution in [3.05, 3.63) is 126 Å². The van der Waals surface area contributed by atoms with Crippen LogP contribution in [0, 0.1) is 12.7 Å². The molecule has 0 fully saturated rings. The van der Waals surface area contributed by atoms with Gasteiger partial charge in [0.2, 0.25) is 5.91 Å². The van der Waals surface area contributed by atoms with Gasteiger partial charge >= 0.3 is 0 Å². The lowest BCUT2D eigenvalue weighted by Gasteiger charge is -2.26. The Morgan fingerprint density at radius 3 is 2.08 bits per heavy atom. The lowest BCUT2D eigenvalue weighted by Crippen LogP contribution is -2.42. The van der Waals surface area contributed by atoms with Crippen LogP contribution < -0.4 is 14.4 Å². The Bertz CT molecular complexity index is 1460. The molecule has 0 radical (unpaired) electrons. The molecule has 0 aliphatic heterocycles. The van der Waals surface area contributed by atoms with Crippen LogP contribution in [0.4, 0.5) is 10.1 Å². The van der Waals surface area contributed by atoms with Gasteiger partial charge in [-0.1, -0.05) is 60.2 Å². The van der Waals surface area contributed by atoms with Crippen LogP contribution in [0.1, 0.15) is 29.7 Å². The maximum atomic E-state index is 13.7. The van der Waals surface area contributed by atoms with Gasteiger partial charge < -0.3 is 10.1 Å². The first-order chi connectivity index (χ1) is 18.3. The number of hydrogen-bond acceptors (Lipinski definition) is 4. The predicted octanol–water partition coefficient (Wildman–Crippen LogP) is 5.63. The zero-order valence-corrected chi connectivity index (χ0v) is 22.0. The minimum atomic E-state index is -4.17. The molecule has 1 amide bonds. The summed E-state index contributed by atoms with van der Waals surface area (Å²) in [5.41, 5.74) is 2.96. The molecule has 0 bridgehead atoms. The molecule has 1 atom stereocenters. The Morgan fingerprint density at radius 2 is 1.47 bits per heavy atom. The Hall–Kier alpha value is -4.17. The topological polar surface area (TPSA) is 75.7 Å². The third-order valence-electron chi connectivity index (χ3n) is 5.97. The van der Waals surface area contributed by atoms with Gasteiger partial charge in [0.25, 0.3) is 10.0 Å². The average Bonchev–Trinajstić information content (AvgIpc) is 2.92. The SMILES string of the molecule is CCOc1ccc(S(=O)(=O)N(CC(=O)NC(c2ccccc2)c2ccc(C)cc2)c2ccc(F)cc2)cc1. The van der Waals surface area contributed by atoms with E-state index in [2.05, 4.69) is 5.32 Å². The van der Waals surface area contributed by atoms with Crippen molar-refractivity contribution >= 4 is 21.6 Å². The van der Waals surface area contributed by atoms with Crippen LogP contribution in [0.2, 0.25) is 0 Å². The van der Waals surface area contributed by atoms with Gasteiger partial charge in [-0.2, -0.15) is 0 Å². The molecule has 0 spiro atoms. The second-order valence-electron chi connectivity index (χ2n) is 8.71. The molecule has 0 aromatic heterocycles. The Labute approximate surface area is 222 Å². The lowest BCUT2D eigenvalue weighted by molar-refractivity contribution is -0.120. The van der Waals surface area contributed by atoms with Gasteiger partial charge in [-0.05, 0) is 73.5 Å². The zero-order chi connectivity index (χ0) is 27.1. The molecule has 0 heterocycles. The van der Waals surface area contributed by atoms with Crippen LogP contribution in [0.3, 0.4) is 0 Å². The molecule has 1 unspecified atom stereocenters. The van der Waals surface area contributed by atoms with Crippen LogP contribution in [0.25, 0.3) is 0 Å². The van der Waals surface area contributed by atoms with E-state index in [0.717, 1.165) is 33.1 Å². The number of nitrogens with one attached hydrogen (secondary N) is 1. The standard InChI is InChI=1S/C30H29FN2O4S/c1-3-37-27-17-19-28(20-18-27)38(35,36)33(26-15-13-25(31)14-16-26)21-29(34)32-30(23-7-5-4-6-8-23)24-11-9-22(2)10-12-24/h4-20,30H,3,21H2,1-2H3,(H,32,34). The van der Waals surface area contributed by atoms with Gasteiger partial charge in [-0.25, -0.2) is 12.8 Å². The monoisotopic (exact) mass is 532 g/mol. The Kier molecular flexibility index (Phi) is 8.43. The third-order valence-corrected chi connectivity index (χ3v) is 7.76. The third kappa shape index (κ3) is 6.39. The number of carbonyl (C=O) groups excluding carboxylic acids is 1. The number of nitrogens with zero attached hydrogens (tertiary/aromatic N) is 1. The van der Waals surface area contributed by atoms with Crippen LogP contribution >= 0.6 is 0 Å². The van der Waals surface area contributed by atoms with Gasteiger partial charge in [-0.15, -0.1) is 0 Å². The molecule has 196 valence electrons. The van der Waals surface area contributed by atoms with E-state index < -0.39 is 34.3 Å². The second kappa shape index (κ2) is 11.9. The maximum absolute atomic E-state index is 13.7. The van der Waals surface area contributed by atoms with Crippen molar-refractivity contribution in [2.24, 2.45) is 0 Å². The van der Waals surface area contributed by atoms with Crippen molar-refractivity contribution < 1.29 is 22.3 Å². The van der Waals surface area contributed by atoms with Gasteiger partial charge in [0.1, 0.15) is 18.1 Å². The van der Waals surface area contributed by atoms with Gasteiger partial charge in [0, 0.05) is 0 Å². The van der Waals surface area contributed by atoms with E-state index >= 15 is 0 Å². The van der Waals surface area contributed by atoms with Crippen molar-refractivity contribution in [3.8, 4) is 5.75 Å². The molecule has 4 aromatic carbocycles. The Balaban J connectivity index is 1.66. The minimum Gasteiger partial charge on any atom is -0.494 e. The number of anilines is 1. The number of halogens is 1. The highest BCUT2D eigenvalue weighted by atomic mass is 32.2. The Morgan fingerprint density at radius 1 is 0.868 bits per heavy atom. The fraction of sp³-hybridized carbons (Fsp3) is 0.167. The van der Waals surface area contributed by atoms with Crippen LogP contribution in [-0.4, -0.2) is 27.5 Å². The van der Waals surface area contributed by atoms with Crippen LogP contribution in [-0.2, 0) is 14.8 Å². The summed E-state index contributed by atoms with van der Waals surface area (Å²) in [5.74, 6) is -0.500. The summed E-state index contributed by atoms with van der Waals surface area (Å²) in [6.45, 7) is 3.75. The molecule has 8 heteroatoms. The number of aryl methyl sites for hydroxylation is 1. The molecule has 38 heavy (non-hydrogen) atoms. The summed E-state index contributed by atoms with van der Waals surface area (Å²) in [6, 6.07) is 27.7. The maximum Gasteiger partial charge on any atom is 0.264 e. The first-order valence-corrected chi connectivity index (χ1v) is 13.6. The molecular weight excluding hydrogens is 503 g/mol. The predicted molar refractivity (Wildman–Crippen MR) is 146 cm³/mol. The summed E-state index contributed by atoms with van der Waals surface area (Å²) in [5, 5.41) is 2.99. The molecule has 0 saturated heterocycles. The number of ether oxygens (including phenoxy) is 1. The van der Waals surface area contributed by atoms with E-state index in [1.807, 2.05) is 68.4 Å². The fourth-order valence-electron chi connectivity index (χ4n) is 4.02. The highest BCUT2D eigenvalue weighted by Crippen LogP contribution is 2.27. The first kappa shape index (κ1) is 26.9. The summed E-state index contributed by atoms with van der Waals surface area (Å²) in [4.78, 5) is 13.4. The van der Waals surface area contributed by atoms with Gasteiger partial charge in [-0.3, -0.25) is 9.10 Å². The quantitative estimate of drug-likeness (QED) is 0.287. The van der Waals surface area contributed by atoms with Gasteiger partial charge in [0.05, 0.1) is 23.2 Å². The summed E-state index contributed by atoms with van der Waals surface area (Å²) < 4.78 is 47.5. The zero-order valence-electron chi connectivity index (χ0n) is 21.2. The molecule has 6 nitrogen and oxygen atoms in total. The van der Waals surface area contributed by atoms with E-state index in [9.17, 15) is 17.6 Å². The lowest BCUT2D eigenvalue weighted by atomic mass is 9.98. The smallest absolute Gasteiger partial charge is 0.264 e. The molecule has 0 saturated carbocycles. The number of hydrogen-bond donors (Lipinski definition) is 1. The summed E-state index contributed by atoms with van der Waals surface area (Å²) >= 11 is 0. The normalized spacial score (nSPS) is 12.0. The van der Waals surface area contributed by atoms with Crippen molar-refractivity contribution in [1.29, 1.82) is 0 Å². The number of benzene rings is 4. The molecule has 0 aliphatic rings. The number of sulfonamides is 1. The molecule has 1 N–H and O–H groups in total. The number of carbonyl (C=O) groups is 1. The van der Waals surface area contributed by atoms with Crippen LogP contribution in [0.15, 0.2) is 108 Å². The largest absolute Gasteiger partial charge is 0.494 e. The van der Waals surface area contributed by atoms with Gasteiger partial charge in [0.15, 0.2) is 0 Å². The fourth-order valence-corrected chi connectivity index (χ4v) is 5.45. The molecule has 4 rings (SSSR count). The molecule has 4 aromatic rings. The van der Waals surface area contributed by atoms with E-state index in [0.29, 0.717) is 12.4 Å². The van der Waals surface area contributed by atoms with Crippen molar-refractivity contribution in [2.75, 3.05) is 17.5 Å². The average molecular weight is 533 g/mol. The highest BCUT2D eigenvalue weighted by Gasteiger charge is 2.28. The minimum absolute atomic E-state index is 0.0174. The van der Waals surface area contributed by atoms with E-state index in [1.54, 1.807) is 12.1 Å². The first-order valence-electron chi connectivity index (χ1n) is 12.2. The van der Waals surface area contributed by atoms with Crippen molar-refractivity contribution in [1.82, 2.24) is 5.32 Å². The highest BCUT2D eigenvalue weighted by molar-refractivity contribution is 7.92. The van der Waals surface area contributed by atoms with E-state index in [1.165, 1.54) is 24.3 Å². The number of amides is 1. The summed E-state index contributed by atoms with van der Waals surface area (Å²) in [7, 11) is -4.17. The van der Waals surface area contributed by atoms with Crippen molar-refractivity contribution in [2.45, 2.75) is 24.8 Å². The van der Waals surface area contributed by atoms with Crippen molar-refractivity contribution in [3.63, 3.8) is 0 Å². The van der Waals surface area contributed by atoms with E-state index in [4.69, 9.17) is 4.74 Å². The summed E-state index contributed by atoms with van der Waals surface area (Å²) in [6.07, 6.45) is 0. The molecular formula is C30H29FN2O4S. The van der Waals surface area contributed by atoms with E-state index in [-0.39, 0.29) is 10.6 Å².